The van der Waals surface area contributed by atoms with Gasteiger partial charge in [0, 0.05) is 17.6 Å². The average molecular weight is 314 g/mol. The van der Waals surface area contributed by atoms with Gasteiger partial charge in [-0.25, -0.2) is 0 Å². The minimum atomic E-state index is 0.280. The topological polar surface area (TPSA) is 21.3 Å². The fourth-order valence-corrected chi connectivity index (χ4v) is 2.71. The summed E-state index contributed by atoms with van der Waals surface area (Å²) in [6, 6.07) is 8.78. The second-order valence-corrected chi connectivity index (χ2v) is 5.38. The van der Waals surface area contributed by atoms with Crippen molar-refractivity contribution in [3.63, 3.8) is 0 Å². The van der Waals surface area contributed by atoms with E-state index >= 15 is 0 Å². The Bertz CT molecular complexity index is 343. The van der Waals surface area contributed by atoms with Crippen LogP contribution in [0.25, 0.3) is 0 Å². The molecule has 0 aliphatic rings. The summed E-state index contributed by atoms with van der Waals surface area (Å²) in [5.74, 6) is 0. The second-order valence-electron chi connectivity index (χ2n) is 4.52. The summed E-state index contributed by atoms with van der Waals surface area (Å²) in [5.41, 5.74) is 1.33. The SMILES string of the molecule is CCCC(OC)C(Cc1ccccc1Br)NCC. The lowest BCUT2D eigenvalue weighted by molar-refractivity contribution is 0.0613. The van der Waals surface area contributed by atoms with Crippen molar-refractivity contribution < 1.29 is 4.74 Å². The number of likely N-dealkylation sites (N-methyl/N-ethyl adjacent to an activating group) is 1. The molecule has 0 saturated heterocycles. The first-order valence-electron chi connectivity index (χ1n) is 6.72. The molecule has 0 bridgehead atoms. The standard InChI is InChI=1S/C15H24BrNO/c1-4-8-15(18-3)14(17-5-2)11-12-9-6-7-10-13(12)16/h6-7,9-10,14-15,17H,4-5,8,11H2,1-3H3. The molecule has 0 aromatic heterocycles. The van der Waals surface area contributed by atoms with Crippen molar-refractivity contribution >= 4 is 15.9 Å². The molecule has 0 spiro atoms. The van der Waals surface area contributed by atoms with Crippen molar-refractivity contribution in [1.82, 2.24) is 5.32 Å². The van der Waals surface area contributed by atoms with Gasteiger partial charge in [0.15, 0.2) is 0 Å². The normalized spacial score (nSPS) is 14.4. The predicted octanol–water partition coefficient (Wildman–Crippen LogP) is 3.78. The van der Waals surface area contributed by atoms with E-state index in [1.807, 2.05) is 7.11 Å². The molecule has 3 heteroatoms. The molecule has 2 nitrogen and oxygen atoms in total. The molecule has 1 aromatic carbocycles. The Morgan fingerprint density at radius 2 is 2.00 bits per heavy atom. The summed E-state index contributed by atoms with van der Waals surface area (Å²) in [5, 5.41) is 3.55. The highest BCUT2D eigenvalue weighted by Crippen LogP contribution is 2.20. The van der Waals surface area contributed by atoms with E-state index in [2.05, 4.69) is 59.4 Å². The van der Waals surface area contributed by atoms with Gasteiger partial charge in [0.1, 0.15) is 0 Å². The van der Waals surface area contributed by atoms with Gasteiger partial charge in [0.25, 0.3) is 0 Å². The van der Waals surface area contributed by atoms with Crippen LogP contribution in [-0.4, -0.2) is 25.8 Å². The Labute approximate surface area is 119 Å². The number of hydrogen-bond acceptors (Lipinski definition) is 2. The van der Waals surface area contributed by atoms with Crippen LogP contribution in [0.5, 0.6) is 0 Å². The van der Waals surface area contributed by atoms with Crippen LogP contribution in [0, 0.1) is 0 Å². The molecule has 0 amide bonds. The van der Waals surface area contributed by atoms with E-state index in [1.165, 1.54) is 10.0 Å². The van der Waals surface area contributed by atoms with E-state index in [9.17, 15) is 0 Å². The van der Waals surface area contributed by atoms with E-state index in [0.717, 1.165) is 25.8 Å². The van der Waals surface area contributed by atoms with Gasteiger partial charge in [-0.1, -0.05) is 54.4 Å². The van der Waals surface area contributed by atoms with Gasteiger partial charge < -0.3 is 10.1 Å². The highest BCUT2D eigenvalue weighted by Gasteiger charge is 2.20. The summed E-state index contributed by atoms with van der Waals surface area (Å²) in [6.45, 7) is 5.32. The van der Waals surface area contributed by atoms with E-state index in [0.29, 0.717) is 6.04 Å². The van der Waals surface area contributed by atoms with Crippen LogP contribution in [0.3, 0.4) is 0 Å². The number of nitrogens with one attached hydrogen (secondary N) is 1. The fraction of sp³-hybridized carbons (Fsp3) is 0.600. The molecular formula is C15H24BrNO. The minimum Gasteiger partial charge on any atom is -0.380 e. The summed E-state index contributed by atoms with van der Waals surface area (Å²) in [6.07, 6.45) is 3.52. The predicted molar refractivity (Wildman–Crippen MR) is 81.0 cm³/mol. The summed E-state index contributed by atoms with van der Waals surface area (Å²) >= 11 is 3.62. The number of methoxy groups -OCH3 is 1. The molecule has 2 atom stereocenters. The molecule has 0 radical (unpaired) electrons. The van der Waals surface area contributed by atoms with Gasteiger partial charge in [-0.05, 0) is 31.0 Å². The molecule has 2 unspecified atom stereocenters. The molecule has 18 heavy (non-hydrogen) atoms. The monoisotopic (exact) mass is 313 g/mol. The first kappa shape index (κ1) is 15.7. The first-order valence-corrected chi connectivity index (χ1v) is 7.51. The highest BCUT2D eigenvalue weighted by molar-refractivity contribution is 9.10. The van der Waals surface area contributed by atoms with Gasteiger partial charge in [-0.3, -0.25) is 0 Å². The van der Waals surface area contributed by atoms with E-state index in [4.69, 9.17) is 4.74 Å². The van der Waals surface area contributed by atoms with Crippen LogP contribution >= 0.6 is 15.9 Å². The smallest absolute Gasteiger partial charge is 0.0727 e. The zero-order chi connectivity index (χ0) is 13.4. The van der Waals surface area contributed by atoms with Crippen LogP contribution in [0.4, 0.5) is 0 Å². The molecule has 0 saturated carbocycles. The van der Waals surface area contributed by atoms with Gasteiger partial charge >= 0.3 is 0 Å². The molecule has 102 valence electrons. The van der Waals surface area contributed by atoms with Crippen LogP contribution in [-0.2, 0) is 11.2 Å². The van der Waals surface area contributed by atoms with Crippen molar-refractivity contribution in [2.45, 2.75) is 45.3 Å². The molecule has 0 fully saturated rings. The quantitative estimate of drug-likeness (QED) is 0.788. The highest BCUT2D eigenvalue weighted by atomic mass is 79.9. The van der Waals surface area contributed by atoms with Crippen LogP contribution in [0.1, 0.15) is 32.3 Å². The lowest BCUT2D eigenvalue weighted by Crippen LogP contribution is -2.42. The third-order valence-corrected chi connectivity index (χ3v) is 3.96. The van der Waals surface area contributed by atoms with Gasteiger partial charge in [0.2, 0.25) is 0 Å². The molecule has 1 N–H and O–H groups in total. The lowest BCUT2D eigenvalue weighted by atomic mass is 9.98. The molecular weight excluding hydrogens is 290 g/mol. The number of ether oxygens (including phenoxy) is 1. The number of rotatable bonds is 8. The van der Waals surface area contributed by atoms with Crippen LogP contribution in [0.2, 0.25) is 0 Å². The lowest BCUT2D eigenvalue weighted by Gasteiger charge is -2.27. The van der Waals surface area contributed by atoms with Crippen molar-refractivity contribution in [2.24, 2.45) is 0 Å². The first-order chi connectivity index (χ1) is 8.72. The molecule has 0 aliphatic carbocycles. The van der Waals surface area contributed by atoms with Crippen molar-refractivity contribution in [3.8, 4) is 0 Å². The maximum atomic E-state index is 5.64. The zero-order valence-corrected chi connectivity index (χ0v) is 13.2. The van der Waals surface area contributed by atoms with Gasteiger partial charge in [-0.2, -0.15) is 0 Å². The summed E-state index contributed by atoms with van der Waals surface area (Å²) < 4.78 is 6.82. The third kappa shape index (κ3) is 4.71. The largest absolute Gasteiger partial charge is 0.380 e. The van der Waals surface area contributed by atoms with E-state index < -0.39 is 0 Å². The maximum absolute atomic E-state index is 5.64. The molecule has 0 heterocycles. The van der Waals surface area contributed by atoms with Crippen LogP contribution < -0.4 is 5.32 Å². The average Bonchev–Trinajstić information content (AvgIpc) is 2.38. The number of hydrogen-bond donors (Lipinski definition) is 1. The zero-order valence-electron chi connectivity index (χ0n) is 11.6. The maximum Gasteiger partial charge on any atom is 0.0727 e. The summed E-state index contributed by atoms with van der Waals surface area (Å²) in [4.78, 5) is 0. The summed E-state index contributed by atoms with van der Waals surface area (Å²) in [7, 11) is 1.81. The fourth-order valence-electron chi connectivity index (χ4n) is 2.27. The Kier molecular flexibility index (Phi) is 7.56. The van der Waals surface area contributed by atoms with E-state index in [1.54, 1.807) is 0 Å². The van der Waals surface area contributed by atoms with Gasteiger partial charge in [0.05, 0.1) is 6.10 Å². The molecule has 1 aromatic rings. The number of halogens is 1. The molecule has 0 aliphatic heterocycles. The van der Waals surface area contributed by atoms with Crippen LogP contribution in [0.15, 0.2) is 28.7 Å². The van der Waals surface area contributed by atoms with Crippen molar-refractivity contribution in [2.75, 3.05) is 13.7 Å². The van der Waals surface area contributed by atoms with Gasteiger partial charge in [-0.15, -0.1) is 0 Å². The Morgan fingerprint density at radius 3 is 2.56 bits per heavy atom. The Balaban J connectivity index is 2.75. The second kappa shape index (κ2) is 8.68. The number of benzene rings is 1. The molecule has 1 rings (SSSR count). The van der Waals surface area contributed by atoms with E-state index in [-0.39, 0.29) is 6.10 Å². The minimum absolute atomic E-state index is 0.280. The Hall–Kier alpha value is -0.380. The third-order valence-electron chi connectivity index (χ3n) is 3.19. The van der Waals surface area contributed by atoms with Crippen molar-refractivity contribution in [1.29, 1.82) is 0 Å². The Morgan fingerprint density at radius 1 is 1.28 bits per heavy atom. The van der Waals surface area contributed by atoms with Crippen molar-refractivity contribution in [3.05, 3.63) is 34.3 Å².